The van der Waals surface area contributed by atoms with Gasteiger partial charge in [0, 0.05) is 20.1 Å². The zero-order valence-electron chi connectivity index (χ0n) is 12.9. The first-order valence-electron chi connectivity index (χ1n) is 6.89. The summed E-state index contributed by atoms with van der Waals surface area (Å²) in [5.41, 5.74) is 2.99. The van der Waals surface area contributed by atoms with E-state index in [0.29, 0.717) is 0 Å². The van der Waals surface area contributed by atoms with Crippen LogP contribution in [-0.4, -0.2) is 21.2 Å². The van der Waals surface area contributed by atoms with Gasteiger partial charge in [0.15, 0.2) is 11.6 Å². The molecule has 0 bridgehead atoms. The first-order chi connectivity index (χ1) is 10.0. The number of hydrogen-bond acceptors (Lipinski definition) is 3. The number of para-hydroxylation sites is 2. The average Bonchev–Trinajstić information content (AvgIpc) is 2.47. The molecule has 2 aromatic rings. The van der Waals surface area contributed by atoms with Crippen LogP contribution in [0.1, 0.15) is 18.5 Å². The summed E-state index contributed by atoms with van der Waals surface area (Å²) in [5, 5.41) is 3.42. The van der Waals surface area contributed by atoms with Crippen molar-refractivity contribution in [3.05, 3.63) is 53.8 Å². The lowest BCUT2D eigenvalue weighted by molar-refractivity contribution is 0.386. The molecule has 1 N–H and O–H groups in total. The monoisotopic (exact) mass is 288 g/mol. The highest BCUT2D eigenvalue weighted by atomic mass is 19.1. The van der Waals surface area contributed by atoms with Crippen LogP contribution in [0.5, 0.6) is 5.75 Å². The summed E-state index contributed by atoms with van der Waals surface area (Å²) in [7, 11) is 5.46. The molecular weight excluding hydrogens is 267 g/mol. The number of nitrogens with one attached hydrogen (secondary N) is 1. The van der Waals surface area contributed by atoms with Gasteiger partial charge in [-0.15, -0.1) is 0 Å². The molecule has 0 radical (unpaired) electrons. The molecule has 3 nitrogen and oxygen atoms in total. The molecule has 0 aromatic heterocycles. The maximum absolute atomic E-state index is 13.8. The van der Waals surface area contributed by atoms with Gasteiger partial charge in [0.1, 0.15) is 0 Å². The molecule has 0 aliphatic rings. The largest absolute Gasteiger partial charge is 0.494 e. The van der Waals surface area contributed by atoms with Crippen molar-refractivity contribution in [3.63, 3.8) is 0 Å². The molecule has 112 valence electrons. The lowest BCUT2D eigenvalue weighted by atomic mass is 10.1. The Balaban J connectivity index is 2.22. The molecule has 4 heteroatoms. The van der Waals surface area contributed by atoms with Crippen molar-refractivity contribution in [3.8, 4) is 5.75 Å². The Morgan fingerprint density at radius 2 is 1.86 bits per heavy atom. The van der Waals surface area contributed by atoms with Crippen LogP contribution in [0.3, 0.4) is 0 Å². The van der Waals surface area contributed by atoms with Crippen molar-refractivity contribution in [1.29, 1.82) is 0 Å². The molecule has 0 spiro atoms. The molecule has 0 saturated heterocycles. The molecule has 0 saturated carbocycles. The van der Waals surface area contributed by atoms with E-state index in [-0.39, 0.29) is 17.6 Å². The predicted octanol–water partition coefficient (Wildman–Crippen LogP) is 4.07. The van der Waals surface area contributed by atoms with Crippen LogP contribution in [0, 0.1) is 5.82 Å². The Hall–Kier alpha value is -2.23. The number of ether oxygens (including phenoxy) is 1. The molecule has 0 aliphatic carbocycles. The summed E-state index contributed by atoms with van der Waals surface area (Å²) in [6.07, 6.45) is 0. The predicted molar refractivity (Wildman–Crippen MR) is 85.8 cm³/mol. The fraction of sp³-hybridized carbons (Fsp3) is 0.294. The average molecular weight is 288 g/mol. The van der Waals surface area contributed by atoms with Crippen LogP contribution in [0.2, 0.25) is 0 Å². The highest BCUT2D eigenvalue weighted by molar-refractivity contribution is 5.69. The minimum absolute atomic E-state index is 0.00786. The van der Waals surface area contributed by atoms with E-state index in [4.69, 9.17) is 4.74 Å². The number of nitrogens with zero attached hydrogens (tertiary/aromatic N) is 1. The topological polar surface area (TPSA) is 24.5 Å². The molecule has 2 aromatic carbocycles. The van der Waals surface area contributed by atoms with Gasteiger partial charge in [0.05, 0.1) is 18.5 Å². The molecule has 1 unspecified atom stereocenters. The standard InChI is InChI=1S/C17H21FN2O/c1-12(13-9-10-17(21-4)14(18)11-13)19-15-7-5-6-8-16(15)20(2)3/h5-12,19H,1-4H3. The van der Waals surface area contributed by atoms with E-state index >= 15 is 0 Å². The van der Waals surface area contributed by atoms with Crippen molar-refractivity contribution in [1.82, 2.24) is 0 Å². The lowest BCUT2D eigenvalue weighted by Gasteiger charge is -2.22. The fourth-order valence-electron chi connectivity index (χ4n) is 2.25. The van der Waals surface area contributed by atoms with E-state index in [1.54, 1.807) is 6.07 Å². The molecule has 1 atom stereocenters. The Morgan fingerprint density at radius 1 is 1.14 bits per heavy atom. The Kier molecular flexibility index (Phi) is 4.68. The molecule has 0 amide bonds. The summed E-state index contributed by atoms with van der Waals surface area (Å²) < 4.78 is 18.7. The van der Waals surface area contributed by atoms with Gasteiger partial charge in [-0.1, -0.05) is 18.2 Å². The summed E-state index contributed by atoms with van der Waals surface area (Å²) in [4.78, 5) is 2.05. The van der Waals surface area contributed by atoms with E-state index in [9.17, 15) is 4.39 Å². The summed E-state index contributed by atoms with van der Waals surface area (Å²) in [6.45, 7) is 2.01. The van der Waals surface area contributed by atoms with Crippen molar-refractivity contribution < 1.29 is 9.13 Å². The van der Waals surface area contributed by atoms with Crippen LogP contribution in [0.4, 0.5) is 15.8 Å². The Bertz CT molecular complexity index is 613. The number of anilines is 2. The zero-order chi connectivity index (χ0) is 15.4. The third-order valence-electron chi connectivity index (χ3n) is 3.43. The first-order valence-corrected chi connectivity index (χ1v) is 6.89. The third-order valence-corrected chi connectivity index (χ3v) is 3.43. The normalized spacial score (nSPS) is 11.9. The van der Waals surface area contributed by atoms with Crippen LogP contribution in [-0.2, 0) is 0 Å². The van der Waals surface area contributed by atoms with Gasteiger partial charge in [-0.25, -0.2) is 4.39 Å². The third kappa shape index (κ3) is 3.45. The van der Waals surface area contributed by atoms with Gasteiger partial charge in [-0.2, -0.15) is 0 Å². The SMILES string of the molecule is COc1ccc(C(C)Nc2ccccc2N(C)C)cc1F. The molecule has 0 fully saturated rings. The molecule has 0 heterocycles. The van der Waals surface area contributed by atoms with Gasteiger partial charge in [0.2, 0.25) is 0 Å². The number of methoxy groups -OCH3 is 1. The van der Waals surface area contributed by atoms with Gasteiger partial charge in [-0.3, -0.25) is 0 Å². The molecule has 21 heavy (non-hydrogen) atoms. The van der Waals surface area contributed by atoms with Gasteiger partial charge < -0.3 is 15.0 Å². The van der Waals surface area contributed by atoms with E-state index < -0.39 is 0 Å². The number of hydrogen-bond donors (Lipinski definition) is 1. The highest BCUT2D eigenvalue weighted by Crippen LogP contribution is 2.29. The maximum atomic E-state index is 13.8. The molecule has 0 aliphatic heterocycles. The van der Waals surface area contributed by atoms with E-state index in [0.717, 1.165) is 16.9 Å². The highest BCUT2D eigenvalue weighted by Gasteiger charge is 2.11. The van der Waals surface area contributed by atoms with Crippen molar-refractivity contribution >= 4 is 11.4 Å². The summed E-state index contributed by atoms with van der Waals surface area (Å²) in [5.74, 6) is -0.0795. The smallest absolute Gasteiger partial charge is 0.165 e. The second kappa shape index (κ2) is 6.48. The van der Waals surface area contributed by atoms with Gasteiger partial charge >= 0.3 is 0 Å². The van der Waals surface area contributed by atoms with Gasteiger partial charge in [0.25, 0.3) is 0 Å². The van der Waals surface area contributed by atoms with Crippen molar-refractivity contribution in [2.45, 2.75) is 13.0 Å². The van der Waals surface area contributed by atoms with E-state index in [1.807, 2.05) is 56.3 Å². The lowest BCUT2D eigenvalue weighted by Crippen LogP contribution is -2.14. The maximum Gasteiger partial charge on any atom is 0.165 e. The molecule has 2 rings (SSSR count). The van der Waals surface area contributed by atoms with Crippen LogP contribution in [0.25, 0.3) is 0 Å². The van der Waals surface area contributed by atoms with Crippen LogP contribution in [0.15, 0.2) is 42.5 Å². The van der Waals surface area contributed by atoms with Crippen molar-refractivity contribution in [2.24, 2.45) is 0 Å². The second-order valence-corrected chi connectivity index (χ2v) is 5.17. The minimum atomic E-state index is -0.343. The van der Waals surface area contributed by atoms with E-state index in [1.165, 1.54) is 13.2 Å². The number of benzene rings is 2. The minimum Gasteiger partial charge on any atom is -0.494 e. The Labute approximate surface area is 125 Å². The second-order valence-electron chi connectivity index (χ2n) is 5.17. The van der Waals surface area contributed by atoms with Crippen LogP contribution >= 0.6 is 0 Å². The zero-order valence-corrected chi connectivity index (χ0v) is 12.9. The molecular formula is C17H21FN2O. The number of rotatable bonds is 5. The van der Waals surface area contributed by atoms with Crippen LogP contribution < -0.4 is 15.0 Å². The Morgan fingerprint density at radius 3 is 2.48 bits per heavy atom. The summed E-state index contributed by atoms with van der Waals surface area (Å²) in [6, 6.07) is 13.1. The quantitative estimate of drug-likeness (QED) is 0.897. The summed E-state index contributed by atoms with van der Waals surface area (Å²) >= 11 is 0. The first kappa shape index (κ1) is 15.2. The van der Waals surface area contributed by atoms with Gasteiger partial charge in [-0.05, 0) is 36.8 Å². The fourth-order valence-corrected chi connectivity index (χ4v) is 2.25. The van der Waals surface area contributed by atoms with E-state index in [2.05, 4.69) is 5.32 Å². The number of halogens is 1. The van der Waals surface area contributed by atoms with Crippen molar-refractivity contribution in [2.75, 3.05) is 31.4 Å².